The Morgan fingerprint density at radius 2 is 2.10 bits per heavy atom. The van der Waals surface area contributed by atoms with Crippen molar-refractivity contribution in [1.29, 1.82) is 5.26 Å². The van der Waals surface area contributed by atoms with Crippen molar-refractivity contribution in [1.82, 2.24) is 0 Å². The van der Waals surface area contributed by atoms with E-state index in [1.165, 1.54) is 17.2 Å². The lowest BCUT2D eigenvalue weighted by Gasteiger charge is -2.28. The molecule has 0 heterocycles. The Labute approximate surface area is 124 Å². The molecule has 2 aromatic rings. The molecule has 1 unspecified atom stereocenters. The fraction of sp³-hybridized carbons (Fsp3) is 0.278. The minimum atomic E-state index is -0.333. The van der Waals surface area contributed by atoms with Gasteiger partial charge < -0.3 is 5.32 Å². The van der Waals surface area contributed by atoms with E-state index >= 15 is 0 Å². The van der Waals surface area contributed by atoms with Gasteiger partial charge in [-0.1, -0.05) is 24.3 Å². The highest BCUT2D eigenvalue weighted by Crippen LogP contribution is 2.33. The standard InChI is InChI=1S/C18H17FN2/c1-12-16(19)9-13(11-20)10-18(12)21-17-8-4-6-14-5-2-3-7-15(14)17/h2-3,5,7,9-10,17,21H,4,6,8H2,1H3. The maximum Gasteiger partial charge on any atom is 0.129 e. The molecule has 1 atom stereocenters. The summed E-state index contributed by atoms with van der Waals surface area (Å²) in [5.74, 6) is -0.333. The average molecular weight is 280 g/mol. The summed E-state index contributed by atoms with van der Waals surface area (Å²) in [5, 5.41) is 12.4. The maximum absolute atomic E-state index is 13.9. The second-order valence-corrected chi connectivity index (χ2v) is 5.53. The minimum Gasteiger partial charge on any atom is -0.378 e. The van der Waals surface area contributed by atoms with Crippen LogP contribution in [0.25, 0.3) is 0 Å². The molecule has 0 fully saturated rings. The van der Waals surface area contributed by atoms with Gasteiger partial charge in [-0.2, -0.15) is 5.26 Å². The van der Waals surface area contributed by atoms with Crippen molar-refractivity contribution in [3.63, 3.8) is 0 Å². The minimum absolute atomic E-state index is 0.182. The van der Waals surface area contributed by atoms with Crippen molar-refractivity contribution in [2.24, 2.45) is 0 Å². The normalized spacial score (nSPS) is 16.9. The molecular formula is C18H17FN2. The van der Waals surface area contributed by atoms with E-state index in [4.69, 9.17) is 5.26 Å². The van der Waals surface area contributed by atoms with Crippen molar-refractivity contribution >= 4 is 5.69 Å². The zero-order valence-electron chi connectivity index (χ0n) is 12.0. The quantitative estimate of drug-likeness (QED) is 0.879. The van der Waals surface area contributed by atoms with E-state index < -0.39 is 0 Å². The molecule has 21 heavy (non-hydrogen) atoms. The first-order valence-corrected chi connectivity index (χ1v) is 7.23. The third-order valence-electron chi connectivity index (χ3n) is 4.17. The van der Waals surface area contributed by atoms with Gasteiger partial charge in [0, 0.05) is 11.3 Å². The van der Waals surface area contributed by atoms with Crippen LogP contribution in [0.15, 0.2) is 36.4 Å². The first-order chi connectivity index (χ1) is 10.2. The molecule has 3 heteroatoms. The van der Waals surface area contributed by atoms with Gasteiger partial charge in [0.05, 0.1) is 17.7 Å². The fourth-order valence-corrected chi connectivity index (χ4v) is 2.98. The molecule has 0 saturated carbocycles. The van der Waals surface area contributed by atoms with Crippen LogP contribution in [0.5, 0.6) is 0 Å². The van der Waals surface area contributed by atoms with Crippen LogP contribution in [0, 0.1) is 24.1 Å². The molecule has 0 amide bonds. The predicted molar refractivity (Wildman–Crippen MR) is 81.6 cm³/mol. The highest BCUT2D eigenvalue weighted by atomic mass is 19.1. The molecule has 3 rings (SSSR count). The Morgan fingerprint density at radius 3 is 2.90 bits per heavy atom. The van der Waals surface area contributed by atoms with Gasteiger partial charge in [-0.3, -0.25) is 0 Å². The SMILES string of the molecule is Cc1c(F)cc(C#N)cc1NC1CCCc2ccccc21. The third kappa shape index (κ3) is 2.62. The number of hydrogen-bond donors (Lipinski definition) is 1. The lowest BCUT2D eigenvalue weighted by atomic mass is 9.87. The number of hydrogen-bond acceptors (Lipinski definition) is 2. The van der Waals surface area contributed by atoms with Crippen molar-refractivity contribution in [2.75, 3.05) is 5.32 Å². The van der Waals surface area contributed by atoms with Crippen LogP contribution in [0.4, 0.5) is 10.1 Å². The number of halogens is 1. The molecule has 0 saturated heterocycles. The summed E-state index contributed by atoms with van der Waals surface area (Å²) in [6.45, 7) is 1.74. The van der Waals surface area contributed by atoms with Crippen molar-refractivity contribution in [3.8, 4) is 6.07 Å². The second kappa shape index (κ2) is 5.57. The van der Waals surface area contributed by atoms with Crippen molar-refractivity contribution < 1.29 is 4.39 Å². The number of nitriles is 1. The molecule has 0 bridgehead atoms. The molecule has 2 aromatic carbocycles. The molecule has 2 nitrogen and oxygen atoms in total. The fourth-order valence-electron chi connectivity index (χ4n) is 2.98. The van der Waals surface area contributed by atoms with Crippen molar-refractivity contribution in [3.05, 3.63) is 64.5 Å². The van der Waals surface area contributed by atoms with Crippen LogP contribution in [-0.4, -0.2) is 0 Å². The van der Waals surface area contributed by atoms with E-state index in [-0.39, 0.29) is 11.9 Å². The Hall–Kier alpha value is -2.34. The third-order valence-corrected chi connectivity index (χ3v) is 4.17. The molecule has 1 aliphatic carbocycles. The van der Waals surface area contributed by atoms with Crippen LogP contribution in [0.1, 0.15) is 41.1 Å². The van der Waals surface area contributed by atoms with E-state index in [0.717, 1.165) is 19.3 Å². The zero-order chi connectivity index (χ0) is 14.8. The lowest BCUT2D eigenvalue weighted by molar-refractivity contribution is 0.595. The van der Waals surface area contributed by atoms with Crippen LogP contribution < -0.4 is 5.32 Å². The number of rotatable bonds is 2. The monoisotopic (exact) mass is 280 g/mol. The highest BCUT2D eigenvalue weighted by molar-refractivity contribution is 5.57. The van der Waals surface area contributed by atoms with Crippen molar-refractivity contribution in [2.45, 2.75) is 32.2 Å². The Bertz CT molecular complexity index is 716. The molecule has 106 valence electrons. The first kappa shape index (κ1) is 13.6. The average Bonchev–Trinajstić information content (AvgIpc) is 2.52. The summed E-state index contributed by atoms with van der Waals surface area (Å²) in [6, 6.07) is 13.6. The Balaban J connectivity index is 1.95. The molecule has 0 aromatic heterocycles. The van der Waals surface area contributed by atoms with Crippen LogP contribution in [-0.2, 0) is 6.42 Å². The lowest BCUT2D eigenvalue weighted by Crippen LogP contribution is -2.18. The summed E-state index contributed by atoms with van der Waals surface area (Å²) in [6.07, 6.45) is 3.24. The van der Waals surface area contributed by atoms with Crippen LogP contribution >= 0.6 is 0 Å². The molecule has 0 spiro atoms. The summed E-state index contributed by atoms with van der Waals surface area (Å²) < 4.78 is 13.9. The van der Waals surface area contributed by atoms with E-state index in [1.807, 2.05) is 12.1 Å². The molecule has 0 radical (unpaired) electrons. The van der Waals surface area contributed by atoms with E-state index in [0.29, 0.717) is 16.8 Å². The molecule has 1 aliphatic rings. The number of fused-ring (bicyclic) bond motifs is 1. The zero-order valence-corrected chi connectivity index (χ0v) is 12.0. The summed E-state index contributed by atoms with van der Waals surface area (Å²) in [4.78, 5) is 0. The van der Waals surface area contributed by atoms with Crippen LogP contribution in [0.2, 0.25) is 0 Å². The number of aryl methyl sites for hydroxylation is 1. The molecular weight excluding hydrogens is 263 g/mol. The molecule has 1 N–H and O–H groups in total. The number of benzene rings is 2. The van der Waals surface area contributed by atoms with E-state index in [9.17, 15) is 4.39 Å². The van der Waals surface area contributed by atoms with E-state index in [1.54, 1.807) is 13.0 Å². The van der Waals surface area contributed by atoms with E-state index in [2.05, 4.69) is 23.5 Å². The van der Waals surface area contributed by atoms with Gasteiger partial charge in [0.1, 0.15) is 5.82 Å². The predicted octanol–water partition coefficient (Wildman–Crippen LogP) is 4.50. The van der Waals surface area contributed by atoms with Gasteiger partial charge in [0.25, 0.3) is 0 Å². The highest BCUT2D eigenvalue weighted by Gasteiger charge is 2.20. The van der Waals surface area contributed by atoms with Gasteiger partial charge in [-0.25, -0.2) is 4.39 Å². The number of nitrogens with zero attached hydrogens (tertiary/aromatic N) is 1. The van der Waals surface area contributed by atoms with Gasteiger partial charge in [-0.05, 0) is 49.4 Å². The molecule has 0 aliphatic heterocycles. The number of anilines is 1. The summed E-state index contributed by atoms with van der Waals surface area (Å²) >= 11 is 0. The topological polar surface area (TPSA) is 35.8 Å². The van der Waals surface area contributed by atoms with Gasteiger partial charge >= 0.3 is 0 Å². The maximum atomic E-state index is 13.9. The van der Waals surface area contributed by atoms with Gasteiger partial charge in [0.2, 0.25) is 0 Å². The van der Waals surface area contributed by atoms with Gasteiger partial charge in [0.15, 0.2) is 0 Å². The smallest absolute Gasteiger partial charge is 0.129 e. The largest absolute Gasteiger partial charge is 0.378 e. The number of nitrogens with one attached hydrogen (secondary N) is 1. The second-order valence-electron chi connectivity index (χ2n) is 5.53. The Morgan fingerprint density at radius 1 is 1.29 bits per heavy atom. The van der Waals surface area contributed by atoms with Gasteiger partial charge in [-0.15, -0.1) is 0 Å². The van der Waals surface area contributed by atoms with Crippen LogP contribution in [0.3, 0.4) is 0 Å². The first-order valence-electron chi connectivity index (χ1n) is 7.23. The summed E-state index contributed by atoms with van der Waals surface area (Å²) in [5.41, 5.74) is 4.27. The summed E-state index contributed by atoms with van der Waals surface area (Å²) in [7, 11) is 0. The Kier molecular flexibility index (Phi) is 3.62.